The number of rotatable bonds is 3. The van der Waals surface area contributed by atoms with Gasteiger partial charge in [0.25, 0.3) is 0 Å². The van der Waals surface area contributed by atoms with Gasteiger partial charge in [0.15, 0.2) is 0 Å². The highest BCUT2D eigenvalue weighted by molar-refractivity contribution is 14.1. The Balaban J connectivity index is 0.00000161. The molecular weight excluding hydrogens is 385 g/mol. The van der Waals surface area contributed by atoms with E-state index in [1.165, 1.54) is 19.5 Å². The van der Waals surface area contributed by atoms with E-state index in [9.17, 15) is 0 Å². The predicted octanol–water partition coefficient (Wildman–Crippen LogP) is 3.67. The fourth-order valence-electron chi connectivity index (χ4n) is 2.21. The minimum Gasteiger partial charge on any atom is -0.0622 e. The van der Waals surface area contributed by atoms with Gasteiger partial charge in [-0.25, -0.2) is 0 Å². The summed E-state index contributed by atoms with van der Waals surface area (Å²) >= 11 is 2.45. The van der Waals surface area contributed by atoms with E-state index in [1.807, 2.05) is 0 Å². The average molecular weight is 399 g/mol. The molecule has 0 aromatic heterocycles. The summed E-state index contributed by atoms with van der Waals surface area (Å²) < 4.78 is 1.34. The summed E-state index contributed by atoms with van der Waals surface area (Å²) in [6.45, 7) is 0. The van der Waals surface area contributed by atoms with E-state index in [0.717, 1.165) is 0 Å². The highest BCUT2D eigenvalue weighted by Crippen LogP contribution is 2.34. The number of hydrogen-bond acceptors (Lipinski definition) is 0. The van der Waals surface area contributed by atoms with Crippen molar-refractivity contribution in [3.8, 4) is 0 Å². The van der Waals surface area contributed by atoms with Crippen molar-refractivity contribution in [2.45, 2.75) is 0 Å². The number of halogens is 1. The Kier molecular flexibility index (Phi) is 6.01. The molecular formula is C18H14BIP. The fraction of sp³-hybridized carbons (Fsp3) is 0. The smallest absolute Gasteiger partial charge is 0.0213 e. The van der Waals surface area contributed by atoms with Crippen LogP contribution in [0.4, 0.5) is 0 Å². The van der Waals surface area contributed by atoms with E-state index in [-0.39, 0.29) is 8.41 Å². The molecule has 0 fully saturated rings. The van der Waals surface area contributed by atoms with Crippen LogP contribution in [0.15, 0.2) is 84.9 Å². The highest BCUT2D eigenvalue weighted by Gasteiger charge is 2.17. The zero-order chi connectivity index (χ0) is 13.8. The molecule has 21 heavy (non-hydrogen) atoms. The van der Waals surface area contributed by atoms with Crippen LogP contribution in [0.25, 0.3) is 0 Å². The summed E-state index contributed by atoms with van der Waals surface area (Å²) in [6, 6.07) is 30.3. The van der Waals surface area contributed by atoms with Crippen LogP contribution in [0.2, 0.25) is 0 Å². The molecule has 0 N–H and O–H groups in total. The quantitative estimate of drug-likeness (QED) is 0.359. The fourth-order valence-corrected chi connectivity index (χ4v) is 5.64. The van der Waals surface area contributed by atoms with Gasteiger partial charge in [0.1, 0.15) is 0 Å². The Labute approximate surface area is 143 Å². The molecule has 0 atom stereocenters. The van der Waals surface area contributed by atoms with E-state index >= 15 is 0 Å². The van der Waals surface area contributed by atoms with E-state index < -0.39 is 7.92 Å². The lowest BCUT2D eigenvalue weighted by Gasteiger charge is -2.20. The molecule has 0 saturated carbocycles. The first-order chi connectivity index (χ1) is 9.86. The van der Waals surface area contributed by atoms with Crippen LogP contribution in [-0.4, -0.2) is 8.41 Å². The molecule has 3 rings (SSSR count). The largest absolute Gasteiger partial charge is 0.0622 e. The summed E-state index contributed by atoms with van der Waals surface area (Å²) in [5.41, 5.74) is 0. The second kappa shape index (κ2) is 7.77. The van der Waals surface area contributed by atoms with Crippen LogP contribution < -0.4 is 15.9 Å². The van der Waals surface area contributed by atoms with E-state index in [0.29, 0.717) is 0 Å². The molecule has 0 saturated heterocycles. The molecule has 0 unspecified atom stereocenters. The van der Waals surface area contributed by atoms with Gasteiger partial charge in [0, 0.05) is 12.0 Å². The third-order valence-corrected chi connectivity index (χ3v) is 6.99. The maximum absolute atomic E-state index is 2.45. The second-order valence-corrected chi connectivity index (χ2v) is 7.81. The Hall–Kier alpha value is -1.12. The lowest BCUT2D eigenvalue weighted by molar-refractivity contribution is 1.70. The summed E-state index contributed by atoms with van der Waals surface area (Å²) in [6.07, 6.45) is 0. The van der Waals surface area contributed by atoms with Crippen LogP contribution in [0.5, 0.6) is 0 Å². The topological polar surface area (TPSA) is 0 Å². The average Bonchev–Trinajstić information content (AvgIpc) is 2.52. The van der Waals surface area contributed by atoms with Gasteiger partial charge in [-0.2, -0.15) is 0 Å². The van der Waals surface area contributed by atoms with Gasteiger partial charge in [0.2, 0.25) is 0 Å². The highest BCUT2D eigenvalue weighted by atomic mass is 127. The van der Waals surface area contributed by atoms with E-state index in [4.69, 9.17) is 0 Å². The third kappa shape index (κ3) is 3.75. The van der Waals surface area contributed by atoms with E-state index in [1.54, 1.807) is 0 Å². The number of benzene rings is 3. The van der Waals surface area contributed by atoms with Crippen molar-refractivity contribution in [3.05, 3.63) is 88.5 Å². The maximum atomic E-state index is 2.45. The molecule has 0 amide bonds. The van der Waals surface area contributed by atoms with Crippen molar-refractivity contribution in [3.63, 3.8) is 0 Å². The lowest BCUT2D eigenvalue weighted by atomic mass is 10.4. The van der Waals surface area contributed by atoms with Gasteiger partial charge < -0.3 is 0 Å². The monoisotopic (exact) mass is 399 g/mol. The van der Waals surface area contributed by atoms with Crippen molar-refractivity contribution in [1.82, 2.24) is 0 Å². The Morgan fingerprint density at radius 2 is 1.00 bits per heavy atom. The van der Waals surface area contributed by atoms with Crippen LogP contribution in [0.1, 0.15) is 0 Å². The van der Waals surface area contributed by atoms with Gasteiger partial charge in [0.05, 0.1) is 0 Å². The summed E-state index contributed by atoms with van der Waals surface area (Å²) in [7, 11) is -0.474. The first kappa shape index (κ1) is 16.3. The molecule has 3 heteroatoms. The Bertz CT molecular complexity index is 646. The normalized spacial score (nSPS) is 10.2. The maximum Gasteiger partial charge on any atom is 0.0213 e. The van der Waals surface area contributed by atoms with Crippen LogP contribution in [0.3, 0.4) is 0 Å². The molecule has 0 aliphatic carbocycles. The van der Waals surface area contributed by atoms with Gasteiger partial charge in [-0.1, -0.05) is 78.9 Å². The standard InChI is InChI=1S/C18H14IP.B/c19-17-13-7-8-14-18(17)20(15-9-3-1-4-10-15)16-11-5-2-6-12-16;/h1-14H;. The first-order valence-electron chi connectivity index (χ1n) is 6.51. The SMILES string of the molecule is Ic1ccccc1P(c1ccccc1)c1ccccc1.[B]. The second-order valence-electron chi connectivity index (χ2n) is 4.46. The summed E-state index contributed by atoms with van der Waals surface area (Å²) in [5.74, 6) is 0. The minimum atomic E-state index is -0.474. The predicted molar refractivity (Wildman–Crippen MR) is 104 cm³/mol. The van der Waals surface area contributed by atoms with E-state index in [2.05, 4.69) is 108 Å². The van der Waals surface area contributed by atoms with Crippen molar-refractivity contribution >= 4 is 54.8 Å². The first-order valence-corrected chi connectivity index (χ1v) is 8.93. The molecule has 0 aliphatic rings. The molecule has 0 spiro atoms. The molecule has 3 aromatic rings. The molecule has 0 bridgehead atoms. The Morgan fingerprint density at radius 1 is 0.571 bits per heavy atom. The van der Waals surface area contributed by atoms with Gasteiger partial charge in [-0.3, -0.25) is 0 Å². The lowest BCUT2D eigenvalue weighted by Crippen LogP contribution is -2.22. The van der Waals surface area contributed by atoms with Crippen molar-refractivity contribution in [2.75, 3.05) is 0 Å². The van der Waals surface area contributed by atoms with Crippen molar-refractivity contribution in [1.29, 1.82) is 0 Å². The van der Waals surface area contributed by atoms with Crippen molar-refractivity contribution < 1.29 is 0 Å². The van der Waals surface area contributed by atoms with Gasteiger partial charge >= 0.3 is 0 Å². The zero-order valence-corrected chi connectivity index (χ0v) is 14.5. The molecule has 0 heterocycles. The van der Waals surface area contributed by atoms with Crippen LogP contribution in [0, 0.1) is 3.57 Å². The molecule has 101 valence electrons. The molecule has 3 radical (unpaired) electrons. The molecule has 0 nitrogen and oxygen atoms in total. The van der Waals surface area contributed by atoms with Gasteiger partial charge in [-0.15, -0.1) is 0 Å². The summed E-state index contributed by atoms with van der Waals surface area (Å²) in [5, 5.41) is 4.23. The van der Waals surface area contributed by atoms with Crippen LogP contribution in [-0.2, 0) is 0 Å². The minimum absolute atomic E-state index is 0. The number of hydrogen-bond donors (Lipinski definition) is 0. The van der Waals surface area contributed by atoms with Crippen molar-refractivity contribution in [2.24, 2.45) is 0 Å². The Morgan fingerprint density at radius 3 is 1.48 bits per heavy atom. The van der Waals surface area contributed by atoms with Gasteiger partial charge in [-0.05, 0) is 52.5 Å². The third-order valence-electron chi connectivity index (χ3n) is 3.12. The summed E-state index contributed by atoms with van der Waals surface area (Å²) in [4.78, 5) is 0. The molecule has 0 aliphatic heterocycles. The molecule has 3 aromatic carbocycles. The zero-order valence-electron chi connectivity index (χ0n) is 11.5. The van der Waals surface area contributed by atoms with Crippen LogP contribution >= 0.6 is 30.5 Å².